The highest BCUT2D eigenvalue weighted by Gasteiger charge is 2.12. The normalized spacial score (nSPS) is 13.6. The van der Waals surface area contributed by atoms with Crippen molar-refractivity contribution in [2.45, 2.75) is 44.9 Å². The van der Waals surface area contributed by atoms with E-state index in [0.717, 1.165) is 19.3 Å². The van der Waals surface area contributed by atoms with Gasteiger partial charge in [-0.15, -0.1) is 0 Å². The molecule has 1 aromatic carbocycles. The van der Waals surface area contributed by atoms with Gasteiger partial charge in [0, 0.05) is 6.04 Å². The van der Waals surface area contributed by atoms with Crippen molar-refractivity contribution < 1.29 is 9.53 Å². The zero-order valence-electron chi connectivity index (χ0n) is 12.0. The molecule has 0 aromatic heterocycles. The highest BCUT2D eigenvalue weighted by molar-refractivity contribution is 5.67. The molecule has 20 heavy (non-hydrogen) atoms. The van der Waals surface area contributed by atoms with E-state index in [-0.39, 0.29) is 6.04 Å². The van der Waals surface area contributed by atoms with E-state index in [9.17, 15) is 4.79 Å². The molecule has 0 aliphatic carbocycles. The third kappa shape index (κ3) is 7.11. The minimum Gasteiger partial charge on any atom is -0.431 e. The van der Waals surface area contributed by atoms with Crippen LogP contribution in [0.3, 0.4) is 0 Å². The molecular weight excluding hydrogens is 254 g/mol. The Morgan fingerprint density at radius 2 is 2.00 bits per heavy atom. The summed E-state index contributed by atoms with van der Waals surface area (Å²) in [6.07, 6.45) is 2.13. The molecule has 0 aliphatic rings. The first-order valence-corrected chi connectivity index (χ1v) is 7.08. The van der Waals surface area contributed by atoms with Crippen LogP contribution in [0.4, 0.5) is 4.79 Å². The molecule has 2 atom stereocenters. The number of rotatable bonds is 8. The van der Waals surface area contributed by atoms with E-state index < -0.39 is 12.3 Å². The summed E-state index contributed by atoms with van der Waals surface area (Å²) in [7, 11) is 0. The molecule has 112 valence electrons. The zero-order valence-corrected chi connectivity index (χ0v) is 12.0. The summed E-state index contributed by atoms with van der Waals surface area (Å²) >= 11 is 0. The average molecular weight is 279 g/mol. The predicted molar refractivity (Wildman–Crippen MR) is 80.1 cm³/mol. The second kappa shape index (κ2) is 9.34. The van der Waals surface area contributed by atoms with Crippen LogP contribution in [-0.4, -0.2) is 24.9 Å². The van der Waals surface area contributed by atoms with Crippen molar-refractivity contribution in [3.63, 3.8) is 0 Å². The highest BCUT2D eigenvalue weighted by atomic mass is 16.6. The molecule has 1 rings (SSSR count). The van der Waals surface area contributed by atoms with Gasteiger partial charge < -0.3 is 15.8 Å². The van der Waals surface area contributed by atoms with Gasteiger partial charge in [0.05, 0.1) is 0 Å². The minimum absolute atomic E-state index is 0.00106. The van der Waals surface area contributed by atoms with Gasteiger partial charge in [0.1, 0.15) is 0 Å². The third-order valence-corrected chi connectivity index (χ3v) is 2.95. The van der Waals surface area contributed by atoms with Crippen LogP contribution >= 0.6 is 0 Å². The maximum absolute atomic E-state index is 11.6. The zero-order chi connectivity index (χ0) is 14.8. The Labute approximate surface area is 120 Å². The van der Waals surface area contributed by atoms with Gasteiger partial charge in [-0.25, -0.2) is 4.79 Å². The first-order chi connectivity index (χ1) is 9.61. The summed E-state index contributed by atoms with van der Waals surface area (Å²) in [6.45, 7) is 2.57. The molecule has 0 spiro atoms. The maximum Gasteiger partial charge on any atom is 0.408 e. The second-order valence-corrected chi connectivity index (χ2v) is 4.96. The predicted octanol–water partition coefficient (Wildman–Crippen LogP) is 1.76. The van der Waals surface area contributed by atoms with E-state index in [4.69, 9.17) is 16.2 Å². The molecule has 1 amide bonds. The first kappa shape index (κ1) is 16.5. The molecule has 5 heteroatoms. The molecule has 0 saturated carbocycles. The number of unbranched alkanes of at least 4 members (excludes halogenated alkanes) is 1. The monoisotopic (exact) mass is 279 g/mol. The minimum atomic E-state index is -0.564. The molecule has 0 heterocycles. The lowest BCUT2D eigenvalue weighted by molar-refractivity contribution is 0.0922. The van der Waals surface area contributed by atoms with Crippen molar-refractivity contribution in [2.75, 3.05) is 6.54 Å². The Kier molecular flexibility index (Phi) is 7.69. The van der Waals surface area contributed by atoms with Crippen LogP contribution in [0.15, 0.2) is 30.3 Å². The van der Waals surface area contributed by atoms with Gasteiger partial charge in [0.2, 0.25) is 0 Å². The largest absolute Gasteiger partial charge is 0.431 e. The Balaban J connectivity index is 2.24. The van der Waals surface area contributed by atoms with Crippen LogP contribution in [0, 0.1) is 0 Å². The van der Waals surface area contributed by atoms with Gasteiger partial charge in [0.15, 0.2) is 6.23 Å². The summed E-state index contributed by atoms with van der Waals surface area (Å²) in [5.74, 6) is 0. The molecule has 0 aliphatic heterocycles. The SMILES string of the molecule is CC(Cc1ccccc1)NC(=O)OC(N)CCCCN. The molecule has 0 fully saturated rings. The molecular formula is C15H25N3O2. The molecule has 5 N–H and O–H groups in total. The maximum atomic E-state index is 11.6. The average Bonchev–Trinajstić information content (AvgIpc) is 2.39. The number of hydrogen-bond donors (Lipinski definition) is 3. The van der Waals surface area contributed by atoms with Crippen LogP contribution in [-0.2, 0) is 11.2 Å². The van der Waals surface area contributed by atoms with E-state index in [0.29, 0.717) is 13.0 Å². The number of amides is 1. The number of ether oxygens (including phenoxy) is 1. The van der Waals surface area contributed by atoms with Crippen molar-refractivity contribution in [3.05, 3.63) is 35.9 Å². The number of benzene rings is 1. The fourth-order valence-electron chi connectivity index (χ4n) is 1.94. The second-order valence-electron chi connectivity index (χ2n) is 4.96. The van der Waals surface area contributed by atoms with Crippen molar-refractivity contribution in [2.24, 2.45) is 11.5 Å². The van der Waals surface area contributed by atoms with Crippen LogP contribution in [0.5, 0.6) is 0 Å². The van der Waals surface area contributed by atoms with Crippen molar-refractivity contribution >= 4 is 6.09 Å². The fraction of sp³-hybridized carbons (Fsp3) is 0.533. The Bertz CT molecular complexity index is 384. The van der Waals surface area contributed by atoms with Gasteiger partial charge in [0.25, 0.3) is 0 Å². The van der Waals surface area contributed by atoms with Crippen molar-refractivity contribution in [1.29, 1.82) is 0 Å². The van der Waals surface area contributed by atoms with E-state index >= 15 is 0 Å². The molecule has 0 saturated heterocycles. The van der Waals surface area contributed by atoms with Crippen LogP contribution in [0.1, 0.15) is 31.7 Å². The molecule has 0 radical (unpaired) electrons. The van der Waals surface area contributed by atoms with Gasteiger partial charge in [-0.1, -0.05) is 30.3 Å². The summed E-state index contributed by atoms with van der Waals surface area (Å²) in [5, 5.41) is 2.78. The van der Waals surface area contributed by atoms with Gasteiger partial charge >= 0.3 is 6.09 Å². The van der Waals surface area contributed by atoms with E-state index in [1.165, 1.54) is 5.56 Å². The van der Waals surface area contributed by atoms with Crippen LogP contribution < -0.4 is 16.8 Å². The molecule has 1 aromatic rings. The Morgan fingerprint density at radius 3 is 2.65 bits per heavy atom. The smallest absolute Gasteiger partial charge is 0.408 e. The first-order valence-electron chi connectivity index (χ1n) is 7.08. The van der Waals surface area contributed by atoms with Crippen molar-refractivity contribution in [3.8, 4) is 0 Å². The molecule has 0 bridgehead atoms. The number of nitrogens with one attached hydrogen (secondary N) is 1. The Hall–Kier alpha value is -1.59. The lowest BCUT2D eigenvalue weighted by Gasteiger charge is -2.17. The quantitative estimate of drug-likeness (QED) is 0.499. The third-order valence-electron chi connectivity index (χ3n) is 2.95. The molecule has 5 nitrogen and oxygen atoms in total. The standard InChI is InChI=1S/C15H25N3O2/c1-12(11-13-7-3-2-4-8-13)18-15(19)20-14(17)9-5-6-10-16/h2-4,7-8,12,14H,5-6,9-11,16-17H2,1H3,(H,18,19). The number of nitrogens with two attached hydrogens (primary N) is 2. The van der Waals surface area contributed by atoms with E-state index in [1.54, 1.807) is 0 Å². The lowest BCUT2D eigenvalue weighted by Crippen LogP contribution is -2.39. The number of carbonyl (C=O) groups excluding carboxylic acids is 1. The summed E-state index contributed by atoms with van der Waals surface area (Å²) in [6, 6.07) is 9.99. The Morgan fingerprint density at radius 1 is 1.30 bits per heavy atom. The fourth-order valence-corrected chi connectivity index (χ4v) is 1.94. The van der Waals surface area contributed by atoms with Crippen LogP contribution in [0.2, 0.25) is 0 Å². The number of carbonyl (C=O) groups is 1. The molecule has 2 unspecified atom stereocenters. The lowest BCUT2D eigenvalue weighted by atomic mass is 10.1. The number of alkyl carbamates (subject to hydrolysis) is 1. The summed E-state index contributed by atoms with van der Waals surface area (Å²) in [4.78, 5) is 11.6. The van der Waals surface area contributed by atoms with Gasteiger partial charge in [-0.2, -0.15) is 0 Å². The summed E-state index contributed by atoms with van der Waals surface area (Å²) in [5.41, 5.74) is 12.3. The van der Waals surface area contributed by atoms with Gasteiger partial charge in [-0.3, -0.25) is 5.73 Å². The highest BCUT2D eigenvalue weighted by Crippen LogP contribution is 2.04. The topological polar surface area (TPSA) is 90.4 Å². The van der Waals surface area contributed by atoms with E-state index in [2.05, 4.69) is 5.32 Å². The van der Waals surface area contributed by atoms with Gasteiger partial charge in [-0.05, 0) is 44.7 Å². The van der Waals surface area contributed by atoms with E-state index in [1.807, 2.05) is 37.3 Å². The van der Waals surface area contributed by atoms with Crippen LogP contribution in [0.25, 0.3) is 0 Å². The van der Waals surface area contributed by atoms with Crippen molar-refractivity contribution in [1.82, 2.24) is 5.32 Å². The number of hydrogen-bond acceptors (Lipinski definition) is 4. The summed E-state index contributed by atoms with van der Waals surface area (Å²) < 4.78 is 5.09.